The Morgan fingerprint density at radius 2 is 2.22 bits per heavy atom. The summed E-state index contributed by atoms with van der Waals surface area (Å²) in [5, 5.41) is 0. The molecule has 1 spiro atoms. The second kappa shape index (κ2) is 4.79. The summed E-state index contributed by atoms with van der Waals surface area (Å²) in [7, 11) is 0. The zero-order valence-electron chi connectivity index (χ0n) is 13.2. The Morgan fingerprint density at radius 3 is 3.00 bits per heavy atom. The van der Waals surface area contributed by atoms with E-state index in [0.29, 0.717) is 11.8 Å². The first kappa shape index (κ1) is 13.5. The van der Waals surface area contributed by atoms with E-state index in [4.69, 9.17) is 14.2 Å². The van der Waals surface area contributed by atoms with Crippen LogP contribution in [0.4, 0.5) is 5.69 Å². The zero-order chi connectivity index (χ0) is 15.4. The summed E-state index contributed by atoms with van der Waals surface area (Å²) in [5.41, 5.74) is 5.52. The highest BCUT2D eigenvalue weighted by Crippen LogP contribution is 2.42. The number of hydroxylamine groups is 1. The second-order valence-corrected chi connectivity index (χ2v) is 6.94. The van der Waals surface area contributed by atoms with Crippen LogP contribution in [-0.4, -0.2) is 41.0 Å². The highest BCUT2D eigenvalue weighted by Gasteiger charge is 2.52. The van der Waals surface area contributed by atoms with E-state index in [9.17, 15) is 0 Å². The van der Waals surface area contributed by atoms with E-state index in [1.807, 2.05) is 25.1 Å². The molecule has 0 amide bonds. The molecule has 2 bridgehead atoms. The maximum Gasteiger partial charge on any atom is 0.192 e. The molecular formula is C17H20N4O2. The minimum Gasteiger partial charge on any atom is -0.441 e. The maximum absolute atomic E-state index is 6.03. The number of rotatable bonds is 1. The predicted molar refractivity (Wildman–Crippen MR) is 86.6 cm³/mol. The highest BCUT2D eigenvalue weighted by molar-refractivity contribution is 5.87. The molecule has 2 aromatic rings. The first-order valence-electron chi connectivity index (χ1n) is 8.31. The predicted octanol–water partition coefficient (Wildman–Crippen LogP) is 2.56. The van der Waals surface area contributed by atoms with Gasteiger partial charge in [-0.25, -0.2) is 9.98 Å². The SMILES string of the molecule is Cc1nc2ccc(N=C3C[C@@]4(CN5CCC4CC5)ON3)cc2o1. The van der Waals surface area contributed by atoms with Gasteiger partial charge in [0.1, 0.15) is 17.0 Å². The average Bonchev–Trinajstić information content (AvgIpc) is 3.11. The quantitative estimate of drug-likeness (QED) is 0.877. The third kappa shape index (κ3) is 2.16. The standard InChI is InChI=1S/C17H20N4O2/c1-11-18-14-3-2-13(8-15(14)22-11)19-16-9-17(23-20-16)10-21-6-4-12(17)5-7-21/h2-3,8,12H,4-7,9-10H2,1H3,(H,19,20)/t17-/m0/s1. The molecule has 0 radical (unpaired) electrons. The molecule has 6 nitrogen and oxygen atoms in total. The first-order valence-corrected chi connectivity index (χ1v) is 8.31. The van der Waals surface area contributed by atoms with E-state index < -0.39 is 0 Å². The molecule has 120 valence electrons. The molecule has 1 aromatic carbocycles. The Bertz CT molecular complexity index is 791. The number of aryl methyl sites for hydroxylation is 1. The molecule has 6 rings (SSSR count). The summed E-state index contributed by atoms with van der Waals surface area (Å²) < 4.78 is 5.58. The smallest absolute Gasteiger partial charge is 0.192 e. The lowest BCUT2D eigenvalue weighted by Gasteiger charge is -2.49. The van der Waals surface area contributed by atoms with Gasteiger partial charge in [0, 0.05) is 26.0 Å². The number of hydrogen-bond acceptors (Lipinski definition) is 5. The Hall–Kier alpha value is -1.92. The molecule has 5 heterocycles. The van der Waals surface area contributed by atoms with Gasteiger partial charge in [0.15, 0.2) is 11.5 Å². The monoisotopic (exact) mass is 312 g/mol. The van der Waals surface area contributed by atoms with E-state index in [2.05, 4.69) is 15.4 Å². The third-order valence-corrected chi connectivity index (χ3v) is 5.40. The van der Waals surface area contributed by atoms with Gasteiger partial charge in [0.2, 0.25) is 0 Å². The van der Waals surface area contributed by atoms with Gasteiger partial charge < -0.3 is 9.32 Å². The van der Waals surface area contributed by atoms with Gasteiger partial charge in [-0.2, -0.15) is 0 Å². The van der Waals surface area contributed by atoms with Crippen LogP contribution < -0.4 is 5.48 Å². The summed E-state index contributed by atoms with van der Waals surface area (Å²) in [5.74, 6) is 2.24. The molecule has 4 saturated heterocycles. The number of oxazole rings is 1. The van der Waals surface area contributed by atoms with E-state index in [1.165, 1.54) is 25.9 Å². The lowest BCUT2D eigenvalue weighted by Crippen LogP contribution is -2.59. The first-order chi connectivity index (χ1) is 11.2. The van der Waals surface area contributed by atoms with Crippen LogP contribution in [0.15, 0.2) is 27.6 Å². The molecule has 6 heteroatoms. The number of hydrogen-bond donors (Lipinski definition) is 1. The van der Waals surface area contributed by atoms with Crippen molar-refractivity contribution in [3.63, 3.8) is 0 Å². The number of aliphatic imine (C=N–C) groups is 1. The van der Waals surface area contributed by atoms with Crippen molar-refractivity contribution in [1.29, 1.82) is 0 Å². The highest BCUT2D eigenvalue weighted by atomic mass is 16.7. The molecule has 0 unspecified atom stereocenters. The molecule has 23 heavy (non-hydrogen) atoms. The summed E-state index contributed by atoms with van der Waals surface area (Å²) in [4.78, 5) is 17.6. The van der Waals surface area contributed by atoms with Crippen molar-refractivity contribution < 1.29 is 9.25 Å². The summed E-state index contributed by atoms with van der Waals surface area (Å²) in [6.07, 6.45) is 3.33. The van der Waals surface area contributed by atoms with E-state index >= 15 is 0 Å². The fourth-order valence-electron chi connectivity index (χ4n) is 4.27. The number of benzene rings is 1. The summed E-state index contributed by atoms with van der Waals surface area (Å²) in [6.45, 7) is 5.30. The van der Waals surface area contributed by atoms with Crippen LogP contribution in [0.1, 0.15) is 25.2 Å². The molecule has 1 N–H and O–H groups in total. The van der Waals surface area contributed by atoms with Gasteiger partial charge in [0.05, 0.1) is 5.69 Å². The molecule has 4 aliphatic heterocycles. The van der Waals surface area contributed by atoms with Crippen molar-refractivity contribution in [2.75, 3.05) is 19.6 Å². The Morgan fingerprint density at radius 1 is 1.35 bits per heavy atom. The van der Waals surface area contributed by atoms with Gasteiger partial charge in [-0.15, -0.1) is 0 Å². The van der Waals surface area contributed by atoms with Crippen LogP contribution in [-0.2, 0) is 4.84 Å². The fourth-order valence-corrected chi connectivity index (χ4v) is 4.27. The number of nitrogens with one attached hydrogen (secondary N) is 1. The van der Waals surface area contributed by atoms with Crippen molar-refractivity contribution in [2.45, 2.75) is 31.8 Å². The topological polar surface area (TPSA) is 62.9 Å². The van der Waals surface area contributed by atoms with Crippen LogP contribution in [0, 0.1) is 12.8 Å². The number of amidine groups is 1. The van der Waals surface area contributed by atoms with Crippen LogP contribution in [0.25, 0.3) is 11.1 Å². The van der Waals surface area contributed by atoms with Crippen molar-refractivity contribution >= 4 is 22.6 Å². The van der Waals surface area contributed by atoms with Crippen LogP contribution >= 0.6 is 0 Å². The van der Waals surface area contributed by atoms with Gasteiger partial charge in [-0.05, 0) is 44.0 Å². The zero-order valence-corrected chi connectivity index (χ0v) is 13.2. The molecular weight excluding hydrogens is 292 g/mol. The van der Waals surface area contributed by atoms with Crippen LogP contribution in [0.5, 0.6) is 0 Å². The largest absolute Gasteiger partial charge is 0.441 e. The van der Waals surface area contributed by atoms with E-state index in [0.717, 1.165) is 35.6 Å². The molecule has 1 aromatic heterocycles. The summed E-state index contributed by atoms with van der Waals surface area (Å²) in [6, 6.07) is 5.86. The normalized spacial score (nSPS) is 34.6. The maximum atomic E-state index is 6.03. The van der Waals surface area contributed by atoms with E-state index in [1.54, 1.807) is 0 Å². The van der Waals surface area contributed by atoms with Crippen molar-refractivity contribution in [1.82, 2.24) is 15.4 Å². The molecule has 4 aliphatic rings. The number of aromatic nitrogens is 1. The molecule has 0 aliphatic carbocycles. The Balaban J connectivity index is 1.42. The van der Waals surface area contributed by atoms with Crippen molar-refractivity contribution in [3.8, 4) is 0 Å². The van der Waals surface area contributed by atoms with Gasteiger partial charge in [0.25, 0.3) is 0 Å². The summed E-state index contributed by atoms with van der Waals surface area (Å²) >= 11 is 0. The minimum atomic E-state index is -0.0811. The molecule has 4 fully saturated rings. The van der Waals surface area contributed by atoms with Crippen LogP contribution in [0.3, 0.4) is 0 Å². The number of nitrogens with zero attached hydrogens (tertiary/aromatic N) is 3. The molecule has 0 saturated carbocycles. The van der Waals surface area contributed by atoms with Gasteiger partial charge in [-0.1, -0.05) is 0 Å². The van der Waals surface area contributed by atoms with Crippen LogP contribution in [0.2, 0.25) is 0 Å². The van der Waals surface area contributed by atoms with Crippen molar-refractivity contribution in [3.05, 3.63) is 24.1 Å². The van der Waals surface area contributed by atoms with Crippen molar-refractivity contribution in [2.24, 2.45) is 10.9 Å². The van der Waals surface area contributed by atoms with Gasteiger partial charge in [-0.3, -0.25) is 10.3 Å². The molecule has 1 atom stereocenters. The lowest BCUT2D eigenvalue weighted by atomic mass is 9.74. The fraction of sp³-hybridized carbons (Fsp3) is 0.529. The third-order valence-electron chi connectivity index (χ3n) is 5.40. The van der Waals surface area contributed by atoms with E-state index in [-0.39, 0.29) is 5.60 Å². The Kier molecular flexibility index (Phi) is 2.81. The minimum absolute atomic E-state index is 0.0811. The second-order valence-electron chi connectivity index (χ2n) is 6.94. The Labute approximate surface area is 134 Å². The number of piperidine rings is 3. The number of fused-ring (bicyclic) bond motifs is 3. The van der Waals surface area contributed by atoms with Gasteiger partial charge >= 0.3 is 0 Å². The average molecular weight is 312 g/mol. The lowest BCUT2D eigenvalue weighted by molar-refractivity contribution is -0.150.